The Morgan fingerprint density at radius 3 is 2.80 bits per heavy atom. The maximum Gasteiger partial charge on any atom is 0.0569 e. The minimum atomic E-state index is 0.809. The molecule has 1 heterocycles. The smallest absolute Gasteiger partial charge is 0.0569 e. The summed E-state index contributed by atoms with van der Waals surface area (Å²) in [5.74, 6) is 0. The van der Waals surface area contributed by atoms with E-state index in [2.05, 4.69) is 46.7 Å². The summed E-state index contributed by atoms with van der Waals surface area (Å²) in [6.45, 7) is 2.93. The van der Waals surface area contributed by atoms with E-state index < -0.39 is 0 Å². The summed E-state index contributed by atoms with van der Waals surface area (Å²) in [7, 11) is 1.93. The van der Waals surface area contributed by atoms with Crippen LogP contribution in [0.25, 0.3) is 11.1 Å². The van der Waals surface area contributed by atoms with Gasteiger partial charge in [-0.05, 0) is 25.1 Å². The Labute approximate surface area is 89.5 Å². The lowest BCUT2D eigenvalue weighted by Gasteiger charge is -2.05. The second kappa shape index (κ2) is 4.28. The molecule has 0 atom stereocenters. The summed E-state index contributed by atoms with van der Waals surface area (Å²) in [6.07, 6.45) is 1.88. The maximum absolute atomic E-state index is 4.09. The fraction of sp³-hybridized carbons (Fsp3) is 0.250. The highest BCUT2D eigenvalue weighted by Gasteiger charge is 2.08. The van der Waals surface area contributed by atoms with Gasteiger partial charge in [-0.25, -0.2) is 0 Å². The average molecular weight is 201 g/mol. The lowest BCUT2D eigenvalue weighted by Crippen LogP contribution is -2.06. The van der Waals surface area contributed by atoms with Gasteiger partial charge in [-0.15, -0.1) is 0 Å². The van der Waals surface area contributed by atoms with Crippen molar-refractivity contribution in [3.63, 3.8) is 0 Å². The first-order valence-electron chi connectivity index (χ1n) is 5.05. The van der Waals surface area contributed by atoms with Gasteiger partial charge in [0.05, 0.1) is 11.9 Å². The van der Waals surface area contributed by atoms with Crippen LogP contribution in [-0.4, -0.2) is 17.2 Å². The summed E-state index contributed by atoms with van der Waals surface area (Å²) >= 11 is 0. The molecule has 2 N–H and O–H groups in total. The van der Waals surface area contributed by atoms with E-state index in [4.69, 9.17) is 0 Å². The van der Waals surface area contributed by atoms with Crippen molar-refractivity contribution < 1.29 is 0 Å². The van der Waals surface area contributed by atoms with Gasteiger partial charge in [-0.3, -0.25) is 5.10 Å². The van der Waals surface area contributed by atoms with Crippen molar-refractivity contribution in [1.29, 1.82) is 0 Å². The van der Waals surface area contributed by atoms with Crippen LogP contribution < -0.4 is 5.32 Å². The van der Waals surface area contributed by atoms with E-state index in [-0.39, 0.29) is 0 Å². The Kier molecular flexibility index (Phi) is 2.83. The standard InChI is InChI=1S/C12H15N3/c1-9-5-3-4-6-10(9)11-7-14-15-12(11)8-13-2/h3-7,13H,8H2,1-2H3,(H,14,15). The molecule has 0 aliphatic carbocycles. The van der Waals surface area contributed by atoms with Crippen LogP contribution in [0.3, 0.4) is 0 Å². The maximum atomic E-state index is 4.09. The van der Waals surface area contributed by atoms with Gasteiger partial charge in [0.1, 0.15) is 0 Å². The topological polar surface area (TPSA) is 40.7 Å². The summed E-state index contributed by atoms with van der Waals surface area (Å²) in [5.41, 5.74) is 4.84. The normalized spacial score (nSPS) is 10.5. The van der Waals surface area contributed by atoms with Crippen molar-refractivity contribution in [2.24, 2.45) is 0 Å². The molecule has 1 aromatic carbocycles. The second-order valence-electron chi connectivity index (χ2n) is 3.61. The lowest BCUT2D eigenvalue weighted by molar-refractivity contribution is 0.785. The van der Waals surface area contributed by atoms with E-state index in [0.717, 1.165) is 12.2 Å². The molecule has 0 bridgehead atoms. The van der Waals surface area contributed by atoms with Crippen molar-refractivity contribution in [3.05, 3.63) is 41.7 Å². The van der Waals surface area contributed by atoms with Gasteiger partial charge >= 0.3 is 0 Å². The highest BCUT2D eigenvalue weighted by Crippen LogP contribution is 2.24. The van der Waals surface area contributed by atoms with Gasteiger partial charge in [0, 0.05) is 12.1 Å². The molecular formula is C12H15N3. The van der Waals surface area contributed by atoms with Gasteiger partial charge < -0.3 is 5.32 Å². The predicted octanol–water partition coefficient (Wildman–Crippen LogP) is 2.10. The van der Waals surface area contributed by atoms with E-state index in [9.17, 15) is 0 Å². The van der Waals surface area contributed by atoms with Crippen LogP contribution in [0.15, 0.2) is 30.5 Å². The number of aryl methyl sites for hydroxylation is 1. The fourth-order valence-corrected chi connectivity index (χ4v) is 1.73. The molecule has 15 heavy (non-hydrogen) atoms. The van der Waals surface area contributed by atoms with Crippen molar-refractivity contribution in [3.8, 4) is 11.1 Å². The first-order chi connectivity index (χ1) is 7.33. The third-order valence-electron chi connectivity index (χ3n) is 2.51. The molecule has 0 amide bonds. The number of nitrogens with zero attached hydrogens (tertiary/aromatic N) is 1. The predicted molar refractivity (Wildman–Crippen MR) is 61.5 cm³/mol. The third kappa shape index (κ3) is 1.92. The van der Waals surface area contributed by atoms with E-state index in [1.807, 2.05) is 13.2 Å². The van der Waals surface area contributed by atoms with Crippen molar-refractivity contribution in [1.82, 2.24) is 15.5 Å². The molecular weight excluding hydrogens is 186 g/mol. The number of H-pyrrole nitrogens is 1. The van der Waals surface area contributed by atoms with Gasteiger partial charge in [-0.1, -0.05) is 24.3 Å². The number of benzene rings is 1. The summed E-state index contributed by atoms with van der Waals surface area (Å²) in [6, 6.07) is 8.35. The molecule has 0 unspecified atom stereocenters. The zero-order valence-electron chi connectivity index (χ0n) is 9.04. The fourth-order valence-electron chi connectivity index (χ4n) is 1.73. The van der Waals surface area contributed by atoms with Gasteiger partial charge in [0.25, 0.3) is 0 Å². The second-order valence-corrected chi connectivity index (χ2v) is 3.61. The number of rotatable bonds is 3. The van der Waals surface area contributed by atoms with Crippen molar-refractivity contribution >= 4 is 0 Å². The molecule has 78 valence electrons. The quantitative estimate of drug-likeness (QED) is 0.798. The molecule has 0 saturated heterocycles. The Bertz CT molecular complexity index is 446. The summed E-state index contributed by atoms with van der Waals surface area (Å²) in [4.78, 5) is 0. The van der Waals surface area contributed by atoms with Crippen LogP contribution in [0.4, 0.5) is 0 Å². The van der Waals surface area contributed by atoms with E-state index in [0.29, 0.717) is 0 Å². The first kappa shape index (κ1) is 9.93. The number of hydrogen-bond donors (Lipinski definition) is 2. The van der Waals surface area contributed by atoms with Gasteiger partial charge in [0.15, 0.2) is 0 Å². The molecule has 3 heteroatoms. The number of nitrogens with one attached hydrogen (secondary N) is 2. The molecule has 0 saturated carbocycles. The Balaban J connectivity index is 2.45. The SMILES string of the molecule is CNCc1[nH]ncc1-c1ccccc1C. The van der Waals surface area contributed by atoms with Crippen LogP contribution in [0.1, 0.15) is 11.3 Å². The van der Waals surface area contributed by atoms with Gasteiger partial charge in [0.2, 0.25) is 0 Å². The summed E-state index contributed by atoms with van der Waals surface area (Å²) < 4.78 is 0. The van der Waals surface area contributed by atoms with Crippen LogP contribution in [0, 0.1) is 6.92 Å². The minimum Gasteiger partial charge on any atom is -0.314 e. The summed E-state index contributed by atoms with van der Waals surface area (Å²) in [5, 5.41) is 10.2. The average Bonchev–Trinajstić information content (AvgIpc) is 2.67. The molecule has 0 aliphatic heterocycles. The van der Waals surface area contributed by atoms with Crippen molar-refractivity contribution in [2.75, 3.05) is 7.05 Å². The Morgan fingerprint density at radius 2 is 2.07 bits per heavy atom. The number of aromatic nitrogens is 2. The molecule has 0 spiro atoms. The molecule has 3 nitrogen and oxygen atoms in total. The third-order valence-corrected chi connectivity index (χ3v) is 2.51. The first-order valence-corrected chi connectivity index (χ1v) is 5.05. The monoisotopic (exact) mass is 201 g/mol. The van der Waals surface area contributed by atoms with Crippen LogP contribution >= 0.6 is 0 Å². The highest BCUT2D eigenvalue weighted by molar-refractivity contribution is 5.68. The van der Waals surface area contributed by atoms with Crippen molar-refractivity contribution in [2.45, 2.75) is 13.5 Å². The van der Waals surface area contributed by atoms with E-state index >= 15 is 0 Å². The lowest BCUT2D eigenvalue weighted by atomic mass is 10.0. The van der Waals surface area contributed by atoms with E-state index in [1.54, 1.807) is 0 Å². The zero-order valence-corrected chi connectivity index (χ0v) is 9.04. The highest BCUT2D eigenvalue weighted by atomic mass is 15.1. The molecule has 2 rings (SSSR count). The van der Waals surface area contributed by atoms with Gasteiger partial charge in [-0.2, -0.15) is 5.10 Å². The zero-order chi connectivity index (χ0) is 10.7. The Hall–Kier alpha value is -1.61. The van der Waals surface area contributed by atoms with Crippen LogP contribution in [-0.2, 0) is 6.54 Å². The van der Waals surface area contributed by atoms with E-state index in [1.165, 1.54) is 16.7 Å². The molecule has 0 fully saturated rings. The number of hydrogen-bond acceptors (Lipinski definition) is 2. The van der Waals surface area contributed by atoms with Crippen LogP contribution in [0.2, 0.25) is 0 Å². The molecule has 0 radical (unpaired) electrons. The minimum absolute atomic E-state index is 0.809. The Morgan fingerprint density at radius 1 is 1.27 bits per heavy atom. The molecule has 1 aromatic heterocycles. The molecule has 2 aromatic rings. The number of aromatic amines is 1. The van der Waals surface area contributed by atoms with Crippen LogP contribution in [0.5, 0.6) is 0 Å². The molecule has 0 aliphatic rings. The largest absolute Gasteiger partial charge is 0.314 e.